The lowest BCUT2D eigenvalue weighted by atomic mass is 9.94. The quantitative estimate of drug-likeness (QED) is 0.276. The highest BCUT2D eigenvalue weighted by Gasteiger charge is 2.34. The molecular weight excluding hydrogens is 552 g/mol. The molecule has 1 aliphatic heterocycles. The van der Waals surface area contributed by atoms with Crippen molar-refractivity contribution in [3.63, 3.8) is 0 Å². The lowest BCUT2D eigenvalue weighted by Gasteiger charge is -2.34. The number of pyridine rings is 1. The molecule has 1 aliphatic rings. The highest BCUT2D eigenvalue weighted by Crippen LogP contribution is 2.33. The number of β-amino-alcohol motifs (C(OH)–C–C–N with tert-alkyl or cyclic N) is 1. The molecule has 0 aromatic carbocycles. The van der Waals surface area contributed by atoms with E-state index in [2.05, 4.69) is 24.3 Å². The van der Waals surface area contributed by atoms with Crippen molar-refractivity contribution in [2.45, 2.75) is 71.6 Å². The van der Waals surface area contributed by atoms with Crippen molar-refractivity contribution in [3.05, 3.63) is 54.1 Å². The summed E-state index contributed by atoms with van der Waals surface area (Å²) in [7, 11) is 0. The second kappa shape index (κ2) is 11.7. The molecule has 0 saturated carbocycles. The summed E-state index contributed by atoms with van der Waals surface area (Å²) in [6.07, 6.45) is 3.65. The normalized spacial score (nSPS) is 18.3. The van der Waals surface area contributed by atoms with E-state index in [0.29, 0.717) is 42.5 Å². The highest BCUT2D eigenvalue weighted by atomic mass is 16.6. The molecule has 0 aliphatic carbocycles. The van der Waals surface area contributed by atoms with E-state index in [1.165, 1.54) is 4.90 Å². The molecule has 0 radical (unpaired) electrons. The van der Waals surface area contributed by atoms with Crippen LogP contribution in [0.3, 0.4) is 0 Å². The van der Waals surface area contributed by atoms with Crippen LogP contribution < -0.4 is 10.2 Å². The van der Waals surface area contributed by atoms with Crippen molar-refractivity contribution >= 4 is 35.1 Å². The maximum Gasteiger partial charge on any atom is 0.416 e. The number of ether oxygens (including phenoxy) is 1. The molecule has 1 unspecified atom stereocenters. The van der Waals surface area contributed by atoms with Gasteiger partial charge in [-0.05, 0) is 52.2 Å². The number of rotatable bonds is 7. The molecule has 230 valence electrons. The monoisotopic (exact) mass is 592 g/mol. The van der Waals surface area contributed by atoms with Crippen LogP contribution in [-0.2, 0) is 4.74 Å². The third kappa shape index (κ3) is 6.36. The summed E-state index contributed by atoms with van der Waals surface area (Å²) in [5.41, 5.74) is 2.16. The number of hydrogen-bond donors (Lipinski definition) is 3. The number of nitrogens with zero attached hydrogens (tertiary/aromatic N) is 7. The molecule has 5 rings (SSSR count). The first-order chi connectivity index (χ1) is 20.3. The van der Waals surface area contributed by atoms with Gasteiger partial charge in [0, 0.05) is 43.0 Å². The number of anilines is 2. The van der Waals surface area contributed by atoms with Crippen molar-refractivity contribution in [3.8, 4) is 0 Å². The number of amides is 2. The highest BCUT2D eigenvalue weighted by molar-refractivity contribution is 5.89. The molecule has 13 nitrogen and oxygen atoms in total. The van der Waals surface area contributed by atoms with E-state index < -0.39 is 29.9 Å². The van der Waals surface area contributed by atoms with Crippen LogP contribution in [0.25, 0.3) is 11.3 Å². The second-order valence-electron chi connectivity index (χ2n) is 12.4. The van der Waals surface area contributed by atoms with Gasteiger partial charge in [0.05, 0.1) is 30.6 Å². The van der Waals surface area contributed by atoms with Crippen molar-refractivity contribution in [2.24, 2.45) is 5.92 Å². The smallest absolute Gasteiger partial charge is 0.416 e. The van der Waals surface area contributed by atoms with Gasteiger partial charge in [-0.2, -0.15) is 9.61 Å². The fourth-order valence-corrected chi connectivity index (χ4v) is 5.31. The Morgan fingerprint density at radius 2 is 1.98 bits per heavy atom. The number of aromatic nitrogens is 5. The Bertz CT molecular complexity index is 1590. The second-order valence-corrected chi connectivity index (χ2v) is 12.4. The SMILES string of the molecule is CC(C)c1cnn2c(N(C(=O)OC(C)(C)C)C(C)c3cn4ccccc4n3)cc(NC[C@H]3CCN(C(=O)O)C[C@@H]3O)nc12. The zero-order valence-corrected chi connectivity index (χ0v) is 25.4. The first-order valence-corrected chi connectivity index (χ1v) is 14.6. The van der Waals surface area contributed by atoms with Crippen molar-refractivity contribution < 1.29 is 24.5 Å². The summed E-state index contributed by atoms with van der Waals surface area (Å²) < 4.78 is 9.45. The number of aliphatic hydroxyl groups excluding tert-OH is 1. The molecule has 0 bridgehead atoms. The average Bonchev–Trinajstić information content (AvgIpc) is 3.56. The number of fused-ring (bicyclic) bond motifs is 2. The number of imidazole rings is 1. The Morgan fingerprint density at radius 3 is 2.63 bits per heavy atom. The minimum atomic E-state index is -1.04. The predicted molar refractivity (Wildman–Crippen MR) is 162 cm³/mol. The lowest BCUT2D eigenvalue weighted by Crippen LogP contribution is -2.47. The third-order valence-corrected chi connectivity index (χ3v) is 7.67. The Morgan fingerprint density at radius 1 is 1.21 bits per heavy atom. The molecule has 1 saturated heterocycles. The van der Waals surface area contributed by atoms with E-state index in [4.69, 9.17) is 14.7 Å². The van der Waals surface area contributed by atoms with Crippen LogP contribution in [0.2, 0.25) is 0 Å². The van der Waals surface area contributed by atoms with E-state index in [9.17, 15) is 19.8 Å². The Labute approximate surface area is 250 Å². The summed E-state index contributed by atoms with van der Waals surface area (Å²) >= 11 is 0. The minimum absolute atomic E-state index is 0.0580. The van der Waals surface area contributed by atoms with E-state index >= 15 is 0 Å². The first kappa shape index (κ1) is 30.1. The molecule has 3 atom stereocenters. The fraction of sp³-hybridized carbons (Fsp3) is 0.500. The Balaban J connectivity index is 1.56. The summed E-state index contributed by atoms with van der Waals surface area (Å²) in [5.74, 6) is 0.875. The van der Waals surface area contributed by atoms with Crippen molar-refractivity contribution in [2.75, 3.05) is 29.9 Å². The van der Waals surface area contributed by atoms with Gasteiger partial charge in [-0.25, -0.2) is 19.6 Å². The third-order valence-electron chi connectivity index (χ3n) is 7.67. The number of nitrogens with one attached hydrogen (secondary N) is 1. The van der Waals surface area contributed by atoms with Gasteiger partial charge in [-0.3, -0.25) is 4.90 Å². The van der Waals surface area contributed by atoms with Crippen LogP contribution in [-0.4, -0.2) is 82.6 Å². The van der Waals surface area contributed by atoms with Crippen LogP contribution in [0.1, 0.15) is 71.2 Å². The molecule has 5 heterocycles. The van der Waals surface area contributed by atoms with Crippen LogP contribution in [0.5, 0.6) is 0 Å². The standard InChI is InChI=1S/C30H40N8O5/c1-18(2)21-15-32-38-26(13-24(34-27(21)38)31-14-20-10-12-36(28(40)41)17-23(20)39)37(29(42)43-30(4,5)6)19(3)22-16-35-11-8-7-9-25(35)33-22/h7-9,11,13,15-16,18-20,23,39H,10,12,14,17H2,1-6H3,(H,31,34)(H,40,41)/t19?,20-,23+/m1/s1. The van der Waals surface area contributed by atoms with E-state index in [-0.39, 0.29) is 18.4 Å². The number of aliphatic hydroxyl groups is 1. The van der Waals surface area contributed by atoms with Gasteiger partial charge >= 0.3 is 12.2 Å². The van der Waals surface area contributed by atoms with Crippen molar-refractivity contribution in [1.29, 1.82) is 0 Å². The Kier molecular flexibility index (Phi) is 8.19. The minimum Gasteiger partial charge on any atom is -0.465 e. The summed E-state index contributed by atoms with van der Waals surface area (Å²) in [5, 5.41) is 27.9. The first-order valence-electron chi connectivity index (χ1n) is 14.6. The number of likely N-dealkylation sites (tertiary alicyclic amines) is 1. The van der Waals surface area contributed by atoms with E-state index in [0.717, 1.165) is 11.2 Å². The van der Waals surface area contributed by atoms with Gasteiger partial charge in [-0.1, -0.05) is 19.9 Å². The molecule has 4 aromatic heterocycles. The van der Waals surface area contributed by atoms with Gasteiger partial charge in [0.2, 0.25) is 0 Å². The fourth-order valence-electron chi connectivity index (χ4n) is 5.31. The van der Waals surface area contributed by atoms with Crippen molar-refractivity contribution in [1.82, 2.24) is 28.9 Å². The molecule has 3 N–H and O–H groups in total. The molecule has 2 amide bonds. The number of hydrogen-bond acceptors (Lipinski definition) is 8. The van der Waals surface area contributed by atoms with Gasteiger partial charge in [0.1, 0.15) is 22.9 Å². The van der Waals surface area contributed by atoms with Gasteiger partial charge in [0.15, 0.2) is 5.65 Å². The van der Waals surface area contributed by atoms with Crippen LogP contribution in [0, 0.1) is 5.92 Å². The largest absolute Gasteiger partial charge is 0.465 e. The number of carbonyl (C=O) groups excluding carboxylic acids is 1. The van der Waals surface area contributed by atoms with Gasteiger partial charge < -0.3 is 29.6 Å². The molecule has 0 spiro atoms. The van der Waals surface area contributed by atoms with E-state index in [1.54, 1.807) is 21.7 Å². The zero-order chi connectivity index (χ0) is 31.1. The molecule has 4 aromatic rings. The number of carboxylic acid groups (broad SMARTS) is 1. The molecular formula is C30H40N8O5. The van der Waals surface area contributed by atoms with Gasteiger partial charge in [-0.15, -0.1) is 0 Å². The van der Waals surface area contributed by atoms with Crippen LogP contribution in [0.4, 0.5) is 21.2 Å². The zero-order valence-electron chi connectivity index (χ0n) is 25.4. The molecule has 13 heteroatoms. The summed E-state index contributed by atoms with van der Waals surface area (Å²) in [4.78, 5) is 37.7. The molecule has 43 heavy (non-hydrogen) atoms. The predicted octanol–water partition coefficient (Wildman–Crippen LogP) is 4.78. The van der Waals surface area contributed by atoms with Gasteiger partial charge in [0.25, 0.3) is 0 Å². The maximum absolute atomic E-state index is 13.9. The lowest BCUT2D eigenvalue weighted by molar-refractivity contribution is 0.0294. The summed E-state index contributed by atoms with van der Waals surface area (Å²) in [6, 6.07) is 6.94. The Hall–Kier alpha value is -4.39. The van der Waals surface area contributed by atoms with E-state index in [1.807, 2.05) is 62.7 Å². The summed E-state index contributed by atoms with van der Waals surface area (Å²) in [6.45, 7) is 12.2. The number of carbonyl (C=O) groups is 2. The maximum atomic E-state index is 13.9. The molecule has 1 fully saturated rings. The number of piperidine rings is 1. The average molecular weight is 593 g/mol. The van der Waals surface area contributed by atoms with Crippen LogP contribution in [0.15, 0.2) is 42.9 Å². The van der Waals surface area contributed by atoms with Crippen LogP contribution >= 0.6 is 0 Å². The topological polar surface area (TPSA) is 150 Å².